The molecule has 0 unspecified atom stereocenters. The summed E-state index contributed by atoms with van der Waals surface area (Å²) in [4.78, 5) is 18.0. The second kappa shape index (κ2) is 14.0. The monoisotopic (exact) mass is 784 g/mol. The van der Waals surface area contributed by atoms with Crippen LogP contribution in [0.5, 0.6) is 5.75 Å². The van der Waals surface area contributed by atoms with Crippen molar-refractivity contribution in [2.24, 2.45) is 0 Å². The van der Waals surface area contributed by atoms with Crippen LogP contribution in [0.25, 0.3) is 20.9 Å². The van der Waals surface area contributed by atoms with E-state index in [0.717, 1.165) is 17.0 Å². The first-order valence-corrected chi connectivity index (χ1v) is 20.6. The summed E-state index contributed by atoms with van der Waals surface area (Å²) < 4.78 is 72.6. The molecule has 0 aliphatic carbocycles. The van der Waals surface area contributed by atoms with Crippen molar-refractivity contribution in [2.75, 3.05) is 60.9 Å². The molecule has 4 aromatic carbocycles. The van der Waals surface area contributed by atoms with Gasteiger partial charge in [-0.1, -0.05) is 35.9 Å². The number of halogens is 1. The van der Waals surface area contributed by atoms with Gasteiger partial charge in [0.15, 0.2) is 0 Å². The first-order chi connectivity index (χ1) is 24.4. The minimum atomic E-state index is -4.82. The first-order valence-electron chi connectivity index (χ1n) is 16.5. The van der Waals surface area contributed by atoms with E-state index in [0.29, 0.717) is 72.8 Å². The SMILES string of the molecule is COc1ccc(N(S(=O)(=O)c2sc3ccc(Cl)cc3c2C)S(=O)(=O)c2cccc3c(N(C)C)cccc23)cc1N1CCN(C(=O)OC(C)(C)C)CC1. The van der Waals surface area contributed by atoms with Gasteiger partial charge in [-0.25, -0.2) is 4.79 Å². The molecular weight excluding hydrogens is 744 g/mol. The van der Waals surface area contributed by atoms with Crippen molar-refractivity contribution in [3.8, 4) is 5.75 Å². The zero-order valence-corrected chi connectivity index (χ0v) is 33.2. The predicted octanol–water partition coefficient (Wildman–Crippen LogP) is 7.73. The van der Waals surface area contributed by atoms with Gasteiger partial charge in [-0.2, -0.15) is 20.5 Å². The number of hydrogen-bond acceptors (Lipinski definition) is 10. The minimum absolute atomic E-state index is 0.0963. The van der Waals surface area contributed by atoms with Crippen LogP contribution in [0.2, 0.25) is 5.02 Å². The summed E-state index contributed by atoms with van der Waals surface area (Å²) in [7, 11) is -4.40. The average molecular weight is 785 g/mol. The Labute approximate surface area is 314 Å². The lowest BCUT2D eigenvalue weighted by Crippen LogP contribution is -2.50. The minimum Gasteiger partial charge on any atom is -0.495 e. The maximum atomic E-state index is 15.1. The normalized spacial score (nSPS) is 14.2. The molecule has 0 radical (unpaired) electrons. The summed E-state index contributed by atoms with van der Waals surface area (Å²) in [6.07, 6.45) is -0.427. The number of sulfonamides is 2. The zero-order chi connectivity index (χ0) is 37.7. The molecule has 52 heavy (non-hydrogen) atoms. The number of benzene rings is 4. The molecule has 0 spiro atoms. The van der Waals surface area contributed by atoms with Crippen molar-refractivity contribution in [1.29, 1.82) is 0 Å². The van der Waals surface area contributed by atoms with E-state index in [-0.39, 0.29) is 14.8 Å². The molecule has 1 aromatic heterocycles. The summed E-state index contributed by atoms with van der Waals surface area (Å²) in [6, 6.07) is 19.7. The van der Waals surface area contributed by atoms with Gasteiger partial charge in [0.1, 0.15) is 15.6 Å². The van der Waals surface area contributed by atoms with Crippen LogP contribution in [-0.2, 0) is 24.8 Å². The maximum Gasteiger partial charge on any atom is 0.410 e. The van der Waals surface area contributed by atoms with E-state index in [9.17, 15) is 4.79 Å². The van der Waals surface area contributed by atoms with Crippen molar-refractivity contribution in [3.05, 3.63) is 83.4 Å². The second-order valence-corrected chi connectivity index (χ2v) is 19.2. The van der Waals surface area contributed by atoms with Crippen LogP contribution in [0.3, 0.4) is 0 Å². The van der Waals surface area contributed by atoms with Crippen LogP contribution in [0.15, 0.2) is 81.9 Å². The van der Waals surface area contributed by atoms with Gasteiger partial charge < -0.3 is 24.2 Å². The predicted molar refractivity (Wildman–Crippen MR) is 210 cm³/mol. The van der Waals surface area contributed by atoms with Gasteiger partial charge >= 0.3 is 6.09 Å². The molecule has 1 saturated heterocycles. The number of thiophene rings is 1. The maximum absolute atomic E-state index is 15.1. The molecule has 1 aliphatic rings. The quantitative estimate of drug-likeness (QED) is 0.156. The van der Waals surface area contributed by atoms with E-state index in [1.165, 1.54) is 25.3 Å². The lowest BCUT2D eigenvalue weighted by molar-refractivity contribution is 0.0240. The average Bonchev–Trinajstić information content (AvgIpc) is 3.42. The van der Waals surface area contributed by atoms with Gasteiger partial charge in [-0.15, -0.1) is 11.3 Å². The summed E-state index contributed by atoms with van der Waals surface area (Å²) in [5.74, 6) is 0.415. The molecule has 6 rings (SSSR count). The Kier molecular flexibility index (Phi) is 10.1. The highest BCUT2D eigenvalue weighted by Gasteiger charge is 2.41. The van der Waals surface area contributed by atoms with Crippen molar-refractivity contribution in [3.63, 3.8) is 0 Å². The summed E-state index contributed by atoms with van der Waals surface area (Å²) in [5.41, 5.74) is 0.900. The number of fused-ring (bicyclic) bond motifs is 2. The topological polar surface area (TPSA) is 117 Å². The van der Waals surface area contributed by atoms with Gasteiger partial charge in [-0.05, 0) is 87.2 Å². The van der Waals surface area contributed by atoms with Crippen molar-refractivity contribution in [1.82, 2.24) is 4.90 Å². The van der Waals surface area contributed by atoms with E-state index in [4.69, 9.17) is 21.1 Å². The van der Waals surface area contributed by atoms with Gasteiger partial charge in [0.25, 0.3) is 20.0 Å². The standard InChI is InChI=1S/C37H41ClN4O7S3/c1-24-29-22-25(38)14-17-33(29)50-35(24)52(46,47)42(51(44,45)34-13-9-10-27-28(34)11-8-12-30(27)39(5)6)26-15-16-32(48-7)31(23-26)40-18-20-41(21-19-40)36(43)49-37(2,3)4/h8-17,22-23H,18-21H2,1-7H3. The number of piperazine rings is 1. The number of ether oxygens (including phenoxy) is 2. The molecule has 15 heteroatoms. The van der Waals surface area contributed by atoms with Crippen molar-refractivity contribution in [2.45, 2.75) is 42.4 Å². The molecule has 0 N–H and O–H groups in total. The molecule has 1 fully saturated rings. The molecule has 0 bridgehead atoms. The van der Waals surface area contributed by atoms with Crippen LogP contribution >= 0.6 is 22.9 Å². The van der Waals surface area contributed by atoms with E-state index in [1.807, 2.05) is 36.0 Å². The van der Waals surface area contributed by atoms with Crippen LogP contribution in [0.4, 0.5) is 21.9 Å². The van der Waals surface area contributed by atoms with Crippen molar-refractivity contribution >= 4 is 87.0 Å². The van der Waals surface area contributed by atoms with E-state index >= 15 is 16.8 Å². The molecular formula is C37H41ClN4O7S3. The number of carbonyl (C=O) groups is 1. The van der Waals surface area contributed by atoms with Gasteiger partial charge in [0.2, 0.25) is 0 Å². The molecule has 5 aromatic rings. The zero-order valence-electron chi connectivity index (χ0n) is 30.0. The second-order valence-electron chi connectivity index (χ2n) is 13.7. The molecule has 2 heterocycles. The third-order valence-electron chi connectivity index (χ3n) is 8.79. The number of nitrogens with zero attached hydrogens (tertiary/aromatic N) is 4. The first kappa shape index (κ1) is 37.5. The smallest absolute Gasteiger partial charge is 0.410 e. The van der Waals surface area contributed by atoms with Crippen LogP contribution in [0.1, 0.15) is 26.3 Å². The third-order valence-corrected chi connectivity index (χ3v) is 15.1. The molecule has 0 saturated carbocycles. The van der Waals surface area contributed by atoms with Crippen LogP contribution < -0.4 is 18.2 Å². The fourth-order valence-corrected chi connectivity index (χ4v) is 12.3. The third kappa shape index (κ3) is 6.96. The Balaban J connectivity index is 1.52. The number of rotatable bonds is 8. The highest BCUT2D eigenvalue weighted by atomic mass is 35.5. The van der Waals surface area contributed by atoms with E-state index in [1.54, 1.807) is 75.1 Å². The number of aryl methyl sites for hydroxylation is 1. The Bertz CT molecular complexity index is 2400. The number of amides is 1. The Morgan fingerprint density at radius 1 is 0.846 bits per heavy atom. The highest BCUT2D eigenvalue weighted by molar-refractivity contribution is 8.11. The number of carbonyl (C=O) groups excluding carboxylic acids is 1. The largest absolute Gasteiger partial charge is 0.495 e. The molecule has 1 aliphatic heterocycles. The lowest BCUT2D eigenvalue weighted by Gasteiger charge is -2.37. The highest BCUT2D eigenvalue weighted by Crippen LogP contribution is 2.43. The molecule has 1 amide bonds. The van der Waals surface area contributed by atoms with Crippen LogP contribution in [0, 0.1) is 6.92 Å². The number of methoxy groups -OCH3 is 1. The fraction of sp³-hybridized carbons (Fsp3) is 0.324. The van der Waals surface area contributed by atoms with Crippen LogP contribution in [-0.4, -0.2) is 80.8 Å². The van der Waals surface area contributed by atoms with Gasteiger partial charge in [0, 0.05) is 66.5 Å². The van der Waals surface area contributed by atoms with Crippen molar-refractivity contribution < 1.29 is 31.1 Å². The lowest BCUT2D eigenvalue weighted by atomic mass is 10.1. The summed E-state index contributed by atoms with van der Waals surface area (Å²) in [5, 5.41) is 2.07. The Hall–Kier alpha value is -4.24. The Morgan fingerprint density at radius 3 is 2.17 bits per heavy atom. The number of anilines is 3. The Morgan fingerprint density at radius 2 is 1.52 bits per heavy atom. The number of hydrogen-bond donors (Lipinski definition) is 0. The fourth-order valence-electron chi connectivity index (χ4n) is 6.36. The summed E-state index contributed by atoms with van der Waals surface area (Å²) in [6.45, 7) is 8.46. The van der Waals surface area contributed by atoms with Gasteiger partial charge in [0.05, 0.1) is 23.4 Å². The molecule has 276 valence electrons. The van der Waals surface area contributed by atoms with Gasteiger partial charge in [-0.3, -0.25) is 0 Å². The molecule has 11 nitrogen and oxygen atoms in total. The summed E-state index contributed by atoms with van der Waals surface area (Å²) >= 11 is 7.28. The van der Waals surface area contributed by atoms with E-state index in [2.05, 4.69) is 0 Å². The van der Waals surface area contributed by atoms with E-state index < -0.39 is 31.7 Å². The molecule has 0 atom stereocenters.